The van der Waals surface area contributed by atoms with Crippen molar-refractivity contribution >= 4 is 17.8 Å². The number of hydrazine groups is 1. The smallest absolute Gasteiger partial charge is 0.318 e. The van der Waals surface area contributed by atoms with Crippen LogP contribution < -0.4 is 10.7 Å². The molecule has 3 rings (SSSR count). The first-order chi connectivity index (χ1) is 13.3. The lowest BCUT2D eigenvalue weighted by atomic mass is 9.92. The van der Waals surface area contributed by atoms with Crippen molar-refractivity contribution < 1.29 is 18.8 Å². The number of rotatable bonds is 6. The lowest BCUT2D eigenvalue weighted by Gasteiger charge is -2.22. The van der Waals surface area contributed by atoms with Gasteiger partial charge in [0.1, 0.15) is 11.4 Å². The minimum atomic E-state index is -1.26. The number of urea groups is 1. The summed E-state index contributed by atoms with van der Waals surface area (Å²) in [5.74, 6) is -1.49. The van der Waals surface area contributed by atoms with E-state index in [9.17, 15) is 18.8 Å². The number of halogens is 1. The van der Waals surface area contributed by atoms with Gasteiger partial charge < -0.3 is 5.32 Å². The van der Waals surface area contributed by atoms with Gasteiger partial charge in [0.25, 0.3) is 11.8 Å². The second kappa shape index (κ2) is 7.77. The molecular weight excluding hydrogens is 363 g/mol. The van der Waals surface area contributed by atoms with E-state index in [4.69, 9.17) is 0 Å². The van der Waals surface area contributed by atoms with E-state index in [2.05, 4.69) is 10.7 Å². The van der Waals surface area contributed by atoms with Gasteiger partial charge in [0.2, 0.25) is 0 Å². The first-order valence-corrected chi connectivity index (χ1v) is 8.75. The number of hydrogen-bond donors (Lipinski definition) is 2. The number of carbonyl (C=O) groups excluding carboxylic acids is 3. The van der Waals surface area contributed by atoms with E-state index in [1.54, 1.807) is 67.4 Å². The zero-order valence-corrected chi connectivity index (χ0v) is 15.6. The molecule has 146 valence electrons. The maximum absolute atomic E-state index is 13.7. The average Bonchev–Trinajstić information content (AvgIpc) is 2.88. The Balaban J connectivity index is 1.63. The summed E-state index contributed by atoms with van der Waals surface area (Å²) in [6.07, 6.45) is 0. The van der Waals surface area contributed by atoms with Gasteiger partial charge in [-0.05, 0) is 25.6 Å². The third kappa shape index (κ3) is 3.86. The number of imide groups is 1. The van der Waals surface area contributed by atoms with Gasteiger partial charge in [-0.2, -0.15) is 5.01 Å². The first kappa shape index (κ1) is 19.5. The van der Waals surface area contributed by atoms with Gasteiger partial charge >= 0.3 is 6.03 Å². The van der Waals surface area contributed by atoms with Crippen LogP contribution in [0.1, 0.15) is 18.1 Å². The quantitative estimate of drug-likeness (QED) is 0.744. The number of carbonyl (C=O) groups is 3. The highest BCUT2D eigenvalue weighted by Gasteiger charge is 2.49. The largest absolute Gasteiger partial charge is 0.344 e. The summed E-state index contributed by atoms with van der Waals surface area (Å²) in [5, 5.41) is 3.30. The van der Waals surface area contributed by atoms with E-state index in [-0.39, 0.29) is 18.9 Å². The van der Waals surface area contributed by atoms with Gasteiger partial charge in [-0.15, -0.1) is 0 Å². The summed E-state index contributed by atoms with van der Waals surface area (Å²) in [5.41, 5.74) is 2.13. The Labute approximate surface area is 162 Å². The van der Waals surface area contributed by atoms with Crippen molar-refractivity contribution in [2.45, 2.75) is 19.0 Å². The molecule has 1 aliphatic rings. The van der Waals surface area contributed by atoms with Crippen molar-refractivity contribution in [1.29, 1.82) is 0 Å². The Kier molecular flexibility index (Phi) is 5.41. The van der Waals surface area contributed by atoms with Crippen LogP contribution >= 0.6 is 0 Å². The predicted octanol–water partition coefficient (Wildman–Crippen LogP) is 1.76. The molecule has 2 N–H and O–H groups in total. The third-order valence-electron chi connectivity index (χ3n) is 4.59. The number of amides is 4. The van der Waals surface area contributed by atoms with Gasteiger partial charge in [-0.3, -0.25) is 19.9 Å². The highest BCUT2D eigenvalue weighted by molar-refractivity contribution is 6.08. The molecule has 0 aromatic heterocycles. The van der Waals surface area contributed by atoms with Crippen LogP contribution in [0.25, 0.3) is 0 Å². The number of hydrogen-bond acceptors (Lipinski definition) is 4. The molecule has 7 nitrogen and oxygen atoms in total. The molecule has 2 aromatic rings. The molecule has 1 atom stereocenters. The topological polar surface area (TPSA) is 81.8 Å². The lowest BCUT2D eigenvalue weighted by molar-refractivity contribution is -0.139. The third-order valence-corrected chi connectivity index (χ3v) is 4.59. The predicted molar refractivity (Wildman–Crippen MR) is 100 cm³/mol. The molecule has 1 fully saturated rings. The Morgan fingerprint density at radius 2 is 1.79 bits per heavy atom. The fourth-order valence-electron chi connectivity index (χ4n) is 3.09. The summed E-state index contributed by atoms with van der Waals surface area (Å²) >= 11 is 0. The Morgan fingerprint density at radius 1 is 1.14 bits per heavy atom. The summed E-state index contributed by atoms with van der Waals surface area (Å²) in [6.45, 7) is 1.68. The Morgan fingerprint density at radius 3 is 2.46 bits per heavy atom. The lowest BCUT2D eigenvalue weighted by Crippen LogP contribution is -2.50. The normalized spacial score (nSPS) is 19.1. The fourth-order valence-corrected chi connectivity index (χ4v) is 3.09. The molecule has 0 aliphatic carbocycles. The van der Waals surface area contributed by atoms with Crippen molar-refractivity contribution in [1.82, 2.24) is 20.7 Å². The SMILES string of the molecule is CN(CC(=O)NN1C(=O)N[C@@](C)(c2ccccc2)C1=O)Cc1ccccc1F. The molecular formula is C20H21FN4O3. The van der Waals surface area contributed by atoms with Crippen molar-refractivity contribution in [3.63, 3.8) is 0 Å². The Hall–Kier alpha value is -3.26. The van der Waals surface area contributed by atoms with Crippen molar-refractivity contribution in [2.24, 2.45) is 0 Å². The number of benzene rings is 2. The van der Waals surface area contributed by atoms with E-state index in [1.165, 1.54) is 6.07 Å². The minimum Gasteiger partial charge on any atom is -0.318 e. The molecule has 1 aliphatic heterocycles. The highest BCUT2D eigenvalue weighted by atomic mass is 19.1. The highest BCUT2D eigenvalue weighted by Crippen LogP contribution is 2.27. The molecule has 0 saturated carbocycles. The van der Waals surface area contributed by atoms with Gasteiger partial charge in [0.15, 0.2) is 0 Å². The van der Waals surface area contributed by atoms with Crippen LogP contribution in [0.5, 0.6) is 0 Å². The van der Waals surface area contributed by atoms with Gasteiger partial charge in [0.05, 0.1) is 6.54 Å². The van der Waals surface area contributed by atoms with Crippen LogP contribution in [0, 0.1) is 5.82 Å². The van der Waals surface area contributed by atoms with Crippen LogP contribution in [-0.2, 0) is 21.7 Å². The minimum absolute atomic E-state index is 0.118. The fraction of sp³-hybridized carbons (Fsp3) is 0.250. The summed E-state index contributed by atoms with van der Waals surface area (Å²) in [7, 11) is 1.64. The standard InChI is InChI=1S/C20H21FN4O3/c1-20(15-9-4-3-5-10-15)18(27)25(19(28)22-20)23-17(26)13-24(2)12-14-8-6-7-11-16(14)21/h3-11H,12-13H2,1-2H3,(H,22,28)(H,23,26)/t20-/m0/s1. The number of nitrogens with zero attached hydrogens (tertiary/aromatic N) is 2. The second-order valence-corrected chi connectivity index (χ2v) is 6.86. The monoisotopic (exact) mass is 384 g/mol. The van der Waals surface area contributed by atoms with E-state index in [0.717, 1.165) is 0 Å². The van der Waals surface area contributed by atoms with E-state index < -0.39 is 23.4 Å². The maximum atomic E-state index is 13.7. The average molecular weight is 384 g/mol. The van der Waals surface area contributed by atoms with E-state index in [1.807, 2.05) is 0 Å². The second-order valence-electron chi connectivity index (χ2n) is 6.86. The van der Waals surface area contributed by atoms with Crippen LogP contribution in [0.15, 0.2) is 54.6 Å². The van der Waals surface area contributed by atoms with E-state index in [0.29, 0.717) is 16.1 Å². The molecule has 28 heavy (non-hydrogen) atoms. The van der Waals surface area contributed by atoms with Gasteiger partial charge in [-0.1, -0.05) is 48.5 Å². The first-order valence-electron chi connectivity index (χ1n) is 8.75. The van der Waals surface area contributed by atoms with Crippen molar-refractivity contribution in [3.05, 3.63) is 71.5 Å². The van der Waals surface area contributed by atoms with Crippen molar-refractivity contribution in [3.8, 4) is 0 Å². The molecule has 0 spiro atoms. The summed E-state index contributed by atoms with van der Waals surface area (Å²) in [6, 6.07) is 14.4. The number of nitrogens with one attached hydrogen (secondary N) is 2. The molecule has 2 aromatic carbocycles. The maximum Gasteiger partial charge on any atom is 0.344 e. The zero-order chi connectivity index (χ0) is 20.3. The van der Waals surface area contributed by atoms with Gasteiger partial charge in [-0.25, -0.2) is 9.18 Å². The summed E-state index contributed by atoms with van der Waals surface area (Å²) < 4.78 is 13.7. The molecule has 4 amide bonds. The molecule has 0 radical (unpaired) electrons. The van der Waals surface area contributed by atoms with Crippen LogP contribution in [0.4, 0.5) is 9.18 Å². The molecule has 0 bridgehead atoms. The Bertz CT molecular complexity index is 905. The molecule has 8 heteroatoms. The molecule has 1 saturated heterocycles. The van der Waals surface area contributed by atoms with Gasteiger partial charge in [0, 0.05) is 12.1 Å². The summed E-state index contributed by atoms with van der Waals surface area (Å²) in [4.78, 5) is 38.9. The van der Waals surface area contributed by atoms with Crippen LogP contribution in [0.2, 0.25) is 0 Å². The zero-order valence-electron chi connectivity index (χ0n) is 15.6. The van der Waals surface area contributed by atoms with Crippen LogP contribution in [-0.4, -0.2) is 41.3 Å². The van der Waals surface area contributed by atoms with Crippen molar-refractivity contribution in [2.75, 3.05) is 13.6 Å². The van der Waals surface area contributed by atoms with E-state index >= 15 is 0 Å². The number of likely N-dealkylation sites (N-methyl/N-ethyl adjacent to an activating group) is 1. The molecule has 0 unspecified atom stereocenters. The molecule has 1 heterocycles. The van der Waals surface area contributed by atoms with Crippen LogP contribution in [0.3, 0.4) is 0 Å².